The molecule has 0 saturated heterocycles. The maximum absolute atomic E-state index is 14.3. The number of aliphatic hydroxyl groups is 1. The third-order valence-corrected chi connectivity index (χ3v) is 10.4. The summed E-state index contributed by atoms with van der Waals surface area (Å²) in [6.45, 7) is 1.62. The summed E-state index contributed by atoms with van der Waals surface area (Å²) in [6.07, 6.45) is 1.45. The minimum Gasteiger partial charge on any atom is -0.507 e. The molecule has 6 rings (SSSR count). The van der Waals surface area contributed by atoms with Crippen LogP contribution in [0.1, 0.15) is 41.6 Å². The van der Waals surface area contributed by atoms with E-state index in [1.54, 1.807) is 43.3 Å². The fourth-order valence-electron chi connectivity index (χ4n) is 6.77. The Morgan fingerprint density at radius 1 is 1.12 bits per heavy atom. The van der Waals surface area contributed by atoms with Gasteiger partial charge in [0.25, 0.3) is 0 Å². The van der Waals surface area contributed by atoms with Gasteiger partial charge < -0.3 is 34.2 Å². The zero-order chi connectivity index (χ0) is 35.9. The molecular weight excluding hydrogens is 686 g/mol. The lowest BCUT2D eigenvalue weighted by Crippen LogP contribution is -2.53. The number of halogens is 1. The number of nitrogens with zero attached hydrogens (tertiary/aromatic N) is 1. The van der Waals surface area contributed by atoms with Gasteiger partial charge >= 0.3 is 11.1 Å². The van der Waals surface area contributed by atoms with Crippen LogP contribution in [0.15, 0.2) is 80.4 Å². The zero-order valence-corrected chi connectivity index (χ0v) is 29.2. The summed E-state index contributed by atoms with van der Waals surface area (Å²) in [5, 5.41) is 14.9. The van der Waals surface area contributed by atoms with E-state index >= 15 is 0 Å². The van der Waals surface area contributed by atoms with Crippen molar-refractivity contribution >= 4 is 51.9 Å². The average Bonchev–Trinajstić information content (AvgIpc) is 3.43. The molecule has 3 aromatic carbocycles. The molecule has 12 nitrogen and oxygen atoms in total. The van der Waals surface area contributed by atoms with E-state index < -0.39 is 51.8 Å². The first kappa shape index (κ1) is 34.8. The Kier molecular flexibility index (Phi) is 9.56. The molecular formula is C36H34ClN3O9S. The number of nitrogens with one attached hydrogen (secondary N) is 2. The summed E-state index contributed by atoms with van der Waals surface area (Å²) in [5.74, 6) is -3.72. The number of para-hydroxylation sites is 2. The van der Waals surface area contributed by atoms with Crippen LogP contribution in [0.5, 0.6) is 17.2 Å². The van der Waals surface area contributed by atoms with Crippen LogP contribution in [0, 0.1) is 5.92 Å². The van der Waals surface area contributed by atoms with Crippen LogP contribution in [0.2, 0.25) is 5.02 Å². The molecule has 3 N–H and O–H groups in total. The molecule has 0 bridgehead atoms. The van der Waals surface area contributed by atoms with Gasteiger partial charge in [0.2, 0.25) is 17.3 Å². The Labute approximate surface area is 295 Å². The maximum atomic E-state index is 14.3. The first-order chi connectivity index (χ1) is 24.0. The number of Topliss-reactive ketones (excluding diaryl/α,β-unsaturated/α-hetero) is 2. The summed E-state index contributed by atoms with van der Waals surface area (Å²) >= 11 is 8.10. The molecule has 1 amide bonds. The number of ketones is 2. The van der Waals surface area contributed by atoms with Gasteiger partial charge in [-0.15, -0.1) is 11.8 Å². The molecule has 3 atom stereocenters. The number of H-pyrrole nitrogens is 1. The lowest BCUT2D eigenvalue weighted by Gasteiger charge is -2.38. The van der Waals surface area contributed by atoms with Crippen LogP contribution < -0.4 is 30.6 Å². The van der Waals surface area contributed by atoms with Gasteiger partial charge in [-0.1, -0.05) is 42.8 Å². The number of hydrogen-bond donors (Lipinski definition) is 3. The number of carbonyl (C=O) groups excluding carboxylic acids is 3. The number of fused-ring (bicyclic) bond motifs is 2. The monoisotopic (exact) mass is 719 g/mol. The minimum atomic E-state index is -2.02. The Morgan fingerprint density at radius 2 is 1.82 bits per heavy atom. The quantitative estimate of drug-likeness (QED) is 0.153. The number of aromatic nitrogens is 2. The largest absolute Gasteiger partial charge is 0.507 e. The third-order valence-electron chi connectivity index (χ3n) is 9.31. The predicted octanol–water partition coefficient (Wildman–Crippen LogP) is 4.81. The Hall–Kier alpha value is -5.01. The molecule has 260 valence electrons. The van der Waals surface area contributed by atoms with Crippen molar-refractivity contribution < 1.29 is 33.7 Å². The highest BCUT2D eigenvalue weighted by Gasteiger charge is 2.61. The van der Waals surface area contributed by atoms with Gasteiger partial charge in [-0.3, -0.25) is 24.0 Å². The lowest BCUT2D eigenvalue weighted by atomic mass is 9.69. The van der Waals surface area contributed by atoms with E-state index in [0.29, 0.717) is 16.6 Å². The van der Waals surface area contributed by atoms with Crippen LogP contribution in [-0.4, -0.2) is 64.8 Å². The van der Waals surface area contributed by atoms with Crippen LogP contribution in [0.25, 0.3) is 11.0 Å². The van der Waals surface area contributed by atoms with E-state index in [0.717, 1.165) is 4.90 Å². The number of aromatic amines is 1. The summed E-state index contributed by atoms with van der Waals surface area (Å²) in [7, 11) is 2.77. The van der Waals surface area contributed by atoms with Crippen LogP contribution in [0.3, 0.4) is 0 Å². The Morgan fingerprint density at radius 3 is 2.50 bits per heavy atom. The van der Waals surface area contributed by atoms with Crippen molar-refractivity contribution in [2.75, 3.05) is 27.0 Å². The number of allylic oxidation sites excluding steroid dienone is 1. The zero-order valence-electron chi connectivity index (χ0n) is 27.6. The normalized spacial score (nSPS) is 19.0. The molecule has 50 heavy (non-hydrogen) atoms. The first-order valence-corrected chi connectivity index (χ1v) is 17.3. The number of rotatable bonds is 10. The average molecular weight is 720 g/mol. The molecule has 2 heterocycles. The first-order valence-electron chi connectivity index (χ1n) is 15.7. The maximum Gasteiger partial charge on any atom is 0.316 e. The van der Waals surface area contributed by atoms with Gasteiger partial charge in [0.1, 0.15) is 22.1 Å². The van der Waals surface area contributed by atoms with Crippen molar-refractivity contribution in [2.24, 2.45) is 5.92 Å². The molecule has 0 saturated carbocycles. The summed E-state index contributed by atoms with van der Waals surface area (Å²) < 4.78 is 18.4. The van der Waals surface area contributed by atoms with Crippen molar-refractivity contribution in [3.8, 4) is 17.2 Å². The highest BCUT2D eigenvalue weighted by atomic mass is 35.5. The third kappa shape index (κ3) is 5.73. The van der Waals surface area contributed by atoms with Gasteiger partial charge in [-0.05, 0) is 36.1 Å². The molecule has 1 spiro atoms. The van der Waals surface area contributed by atoms with E-state index in [-0.39, 0.29) is 59.3 Å². The number of hydrogen-bond acceptors (Lipinski definition) is 10. The molecule has 3 unspecified atom stereocenters. The van der Waals surface area contributed by atoms with E-state index in [1.165, 1.54) is 36.6 Å². The van der Waals surface area contributed by atoms with E-state index in [1.807, 2.05) is 18.4 Å². The highest BCUT2D eigenvalue weighted by Crippen LogP contribution is 2.55. The number of amides is 1. The fraction of sp³-hybridized carbons (Fsp3) is 0.306. The number of ether oxygens (including phenoxy) is 3. The molecule has 2 aliphatic rings. The molecule has 0 fully saturated rings. The summed E-state index contributed by atoms with van der Waals surface area (Å²) in [5.41, 5.74) is -2.17. The molecule has 14 heteroatoms. The van der Waals surface area contributed by atoms with Crippen molar-refractivity contribution in [3.63, 3.8) is 0 Å². The van der Waals surface area contributed by atoms with Crippen LogP contribution in [-0.2, 0) is 16.1 Å². The van der Waals surface area contributed by atoms with Crippen LogP contribution in [0.4, 0.5) is 0 Å². The fourth-order valence-corrected chi connectivity index (χ4v) is 7.44. The minimum absolute atomic E-state index is 0.00223. The SMILES string of the molecule is COc1cc(OC)c2c(c1Cl)OC1(C2=O)C(O)=C(C(CC(=O)NCCn2c(=O)c(=O)[nH]c3ccccc32)c2ccc(SC)cc2)C(=O)CC1C. The van der Waals surface area contributed by atoms with Gasteiger partial charge in [-0.25, -0.2) is 0 Å². The number of thioether (sulfide) groups is 1. The van der Waals surface area contributed by atoms with E-state index in [4.69, 9.17) is 25.8 Å². The second-order valence-corrected chi connectivity index (χ2v) is 13.3. The molecule has 1 aromatic heterocycles. The van der Waals surface area contributed by atoms with Crippen molar-refractivity contribution in [1.29, 1.82) is 0 Å². The highest BCUT2D eigenvalue weighted by molar-refractivity contribution is 7.98. The smallest absolute Gasteiger partial charge is 0.316 e. The van der Waals surface area contributed by atoms with E-state index in [2.05, 4.69) is 10.3 Å². The van der Waals surface area contributed by atoms with Crippen LogP contribution >= 0.6 is 23.4 Å². The number of methoxy groups -OCH3 is 2. The van der Waals surface area contributed by atoms with Crippen molar-refractivity contribution in [2.45, 2.75) is 42.7 Å². The summed E-state index contributed by atoms with van der Waals surface area (Å²) in [6, 6.07) is 15.5. The topological polar surface area (TPSA) is 166 Å². The second kappa shape index (κ2) is 13.7. The second-order valence-electron chi connectivity index (χ2n) is 12.1. The molecule has 1 aliphatic heterocycles. The number of aliphatic hydroxyl groups excluding tert-OH is 1. The number of carbonyl (C=O) groups is 3. The molecule has 0 radical (unpaired) electrons. The Bertz CT molecular complexity index is 2190. The van der Waals surface area contributed by atoms with Gasteiger partial charge in [0.15, 0.2) is 17.3 Å². The number of benzene rings is 3. The van der Waals surface area contributed by atoms with E-state index in [9.17, 15) is 29.1 Å². The van der Waals surface area contributed by atoms with Gasteiger partial charge in [-0.2, -0.15) is 0 Å². The van der Waals surface area contributed by atoms with Crippen molar-refractivity contribution in [1.82, 2.24) is 14.9 Å². The van der Waals surface area contributed by atoms with Crippen molar-refractivity contribution in [3.05, 3.63) is 103 Å². The van der Waals surface area contributed by atoms with Gasteiger partial charge in [0.05, 0.1) is 25.3 Å². The molecule has 4 aromatic rings. The lowest BCUT2D eigenvalue weighted by molar-refractivity contribution is -0.121. The Balaban J connectivity index is 1.37. The molecule has 1 aliphatic carbocycles. The van der Waals surface area contributed by atoms with Gasteiger partial charge in [0, 0.05) is 54.3 Å². The standard InChI is InChI=1S/C36H34ClN3O9S/c1-18-15-24(41)28(32(43)36(18)33(44)29-25(47-2)17-26(48-3)30(37)31(29)49-36)21(19-9-11-20(50-4)12-10-19)16-27(42)38-13-14-40-23-8-6-5-7-22(23)39-34(45)35(40)46/h5-12,17-18,21,43H,13-16H2,1-4H3,(H,38,42)(H,39,45). The predicted molar refractivity (Wildman–Crippen MR) is 188 cm³/mol. The summed E-state index contributed by atoms with van der Waals surface area (Å²) in [4.78, 5) is 70.2.